The van der Waals surface area contributed by atoms with E-state index in [-0.39, 0.29) is 29.4 Å². The van der Waals surface area contributed by atoms with E-state index in [1.54, 1.807) is 0 Å². The Balaban J connectivity index is 2.19. The van der Waals surface area contributed by atoms with Crippen molar-refractivity contribution in [3.63, 3.8) is 0 Å². The van der Waals surface area contributed by atoms with Crippen LogP contribution in [0.2, 0.25) is 0 Å². The zero-order chi connectivity index (χ0) is 14.9. The summed E-state index contributed by atoms with van der Waals surface area (Å²) in [7, 11) is -1.02. The molecule has 7 heteroatoms. The lowest BCUT2D eigenvalue weighted by molar-refractivity contribution is 0.284. The van der Waals surface area contributed by atoms with E-state index in [1.165, 1.54) is 0 Å². The van der Waals surface area contributed by atoms with E-state index < -0.39 is 9.84 Å². The molecule has 1 aromatic rings. The zero-order valence-corrected chi connectivity index (χ0v) is 13.3. The summed E-state index contributed by atoms with van der Waals surface area (Å²) >= 11 is 0. The summed E-state index contributed by atoms with van der Waals surface area (Å²) in [6.07, 6.45) is 0.592. The van der Waals surface area contributed by atoms with Crippen molar-refractivity contribution in [3.8, 4) is 0 Å². The number of sulfone groups is 1. The predicted molar refractivity (Wildman–Crippen MR) is 76.4 cm³/mol. The molecule has 6 nitrogen and oxygen atoms in total. The van der Waals surface area contributed by atoms with Gasteiger partial charge in [-0.25, -0.2) is 8.42 Å². The summed E-state index contributed by atoms with van der Waals surface area (Å²) in [6, 6.07) is 0.218. The molecule has 1 N–H and O–H groups in total. The SMILES string of the molecule is CNC(C)C(c1nc(C2CCS(=O)(=O)C2)no1)C(C)C. The summed E-state index contributed by atoms with van der Waals surface area (Å²) in [5, 5.41) is 7.22. The Morgan fingerprint density at radius 1 is 1.35 bits per heavy atom. The van der Waals surface area contributed by atoms with Crippen LogP contribution in [0.4, 0.5) is 0 Å². The Hall–Kier alpha value is -0.950. The maximum atomic E-state index is 11.5. The van der Waals surface area contributed by atoms with Crippen LogP contribution in [0.25, 0.3) is 0 Å². The van der Waals surface area contributed by atoms with Crippen LogP contribution in [0, 0.1) is 5.92 Å². The smallest absolute Gasteiger partial charge is 0.231 e. The summed E-state index contributed by atoms with van der Waals surface area (Å²) in [4.78, 5) is 4.47. The molecular formula is C13H23N3O3S. The molecule has 1 aliphatic heterocycles. The van der Waals surface area contributed by atoms with Gasteiger partial charge in [-0.1, -0.05) is 19.0 Å². The van der Waals surface area contributed by atoms with Gasteiger partial charge in [0.25, 0.3) is 0 Å². The van der Waals surface area contributed by atoms with E-state index in [1.807, 2.05) is 7.05 Å². The minimum absolute atomic E-state index is 0.116. The third-order valence-electron chi connectivity index (χ3n) is 4.05. The molecule has 1 aliphatic rings. The molecule has 20 heavy (non-hydrogen) atoms. The molecule has 2 heterocycles. The number of rotatable bonds is 5. The second kappa shape index (κ2) is 5.81. The van der Waals surface area contributed by atoms with Crippen molar-refractivity contribution in [2.75, 3.05) is 18.6 Å². The van der Waals surface area contributed by atoms with E-state index in [2.05, 4.69) is 36.2 Å². The fourth-order valence-corrected chi connectivity index (χ4v) is 4.54. The molecule has 1 saturated heterocycles. The maximum absolute atomic E-state index is 11.5. The van der Waals surface area contributed by atoms with E-state index in [9.17, 15) is 8.42 Å². The normalized spacial score (nSPS) is 24.9. The van der Waals surface area contributed by atoms with E-state index >= 15 is 0 Å². The highest BCUT2D eigenvalue weighted by atomic mass is 32.2. The standard InChI is InChI=1S/C13H23N3O3S/c1-8(2)11(9(3)14-4)13-15-12(16-19-13)10-5-6-20(17,18)7-10/h8-11,14H,5-7H2,1-4H3. The highest BCUT2D eigenvalue weighted by Gasteiger charge is 2.34. The Morgan fingerprint density at radius 2 is 2.05 bits per heavy atom. The van der Waals surface area contributed by atoms with Gasteiger partial charge in [-0.2, -0.15) is 4.98 Å². The Morgan fingerprint density at radius 3 is 2.55 bits per heavy atom. The van der Waals surface area contributed by atoms with Gasteiger partial charge in [0.2, 0.25) is 5.89 Å². The molecule has 0 spiro atoms. The number of likely N-dealkylation sites (N-methyl/N-ethyl adjacent to an activating group) is 1. The molecule has 0 saturated carbocycles. The van der Waals surface area contributed by atoms with Crippen LogP contribution < -0.4 is 5.32 Å². The van der Waals surface area contributed by atoms with Gasteiger partial charge in [0.15, 0.2) is 15.7 Å². The fraction of sp³-hybridized carbons (Fsp3) is 0.846. The van der Waals surface area contributed by atoms with Gasteiger partial charge in [-0.05, 0) is 26.3 Å². The van der Waals surface area contributed by atoms with Crippen molar-refractivity contribution in [3.05, 3.63) is 11.7 Å². The molecular weight excluding hydrogens is 278 g/mol. The number of aromatic nitrogens is 2. The number of nitrogens with one attached hydrogen (secondary N) is 1. The van der Waals surface area contributed by atoms with Crippen molar-refractivity contribution in [1.29, 1.82) is 0 Å². The highest BCUT2D eigenvalue weighted by molar-refractivity contribution is 7.91. The van der Waals surface area contributed by atoms with Gasteiger partial charge >= 0.3 is 0 Å². The fourth-order valence-electron chi connectivity index (χ4n) is 2.80. The number of nitrogens with zero attached hydrogens (tertiary/aromatic N) is 2. The molecule has 1 aromatic heterocycles. The Bertz CT molecular complexity index is 553. The van der Waals surface area contributed by atoms with E-state index in [0.717, 1.165) is 0 Å². The first-order valence-electron chi connectivity index (χ1n) is 7.05. The molecule has 0 radical (unpaired) electrons. The maximum Gasteiger partial charge on any atom is 0.231 e. The van der Waals surface area contributed by atoms with Gasteiger partial charge in [-0.15, -0.1) is 0 Å². The summed E-state index contributed by atoms with van der Waals surface area (Å²) < 4.78 is 28.4. The lowest BCUT2D eigenvalue weighted by Gasteiger charge is -2.23. The average Bonchev–Trinajstić information content (AvgIpc) is 2.95. The van der Waals surface area contributed by atoms with Gasteiger partial charge in [0.05, 0.1) is 17.4 Å². The van der Waals surface area contributed by atoms with E-state index in [4.69, 9.17) is 4.52 Å². The van der Waals surface area contributed by atoms with Crippen molar-refractivity contribution in [2.45, 2.75) is 45.1 Å². The van der Waals surface area contributed by atoms with Crippen LogP contribution in [0.3, 0.4) is 0 Å². The third kappa shape index (κ3) is 3.20. The minimum Gasteiger partial charge on any atom is -0.339 e. The van der Waals surface area contributed by atoms with Gasteiger partial charge in [0.1, 0.15) is 0 Å². The summed E-state index contributed by atoms with van der Waals surface area (Å²) in [5.41, 5.74) is 0. The van der Waals surface area contributed by atoms with Gasteiger partial charge in [-0.3, -0.25) is 0 Å². The molecule has 0 amide bonds. The lowest BCUT2D eigenvalue weighted by Crippen LogP contribution is -2.32. The Labute approximate surface area is 120 Å². The second-order valence-corrected chi connectivity index (χ2v) is 8.17. The highest BCUT2D eigenvalue weighted by Crippen LogP contribution is 2.31. The van der Waals surface area contributed by atoms with Crippen molar-refractivity contribution in [2.24, 2.45) is 5.92 Å². The molecule has 0 aliphatic carbocycles. The molecule has 0 bridgehead atoms. The largest absolute Gasteiger partial charge is 0.339 e. The zero-order valence-electron chi connectivity index (χ0n) is 12.5. The van der Waals surface area contributed by atoms with Crippen molar-refractivity contribution in [1.82, 2.24) is 15.5 Å². The summed E-state index contributed by atoms with van der Waals surface area (Å²) in [5.74, 6) is 1.87. The van der Waals surface area contributed by atoms with Crippen LogP contribution in [0.1, 0.15) is 50.7 Å². The molecule has 1 fully saturated rings. The second-order valence-electron chi connectivity index (χ2n) is 5.94. The molecule has 2 rings (SSSR count). The average molecular weight is 301 g/mol. The quantitative estimate of drug-likeness (QED) is 0.883. The lowest BCUT2D eigenvalue weighted by atomic mass is 9.89. The first kappa shape index (κ1) is 15.4. The van der Waals surface area contributed by atoms with Crippen molar-refractivity contribution < 1.29 is 12.9 Å². The molecule has 3 unspecified atom stereocenters. The van der Waals surface area contributed by atoms with Crippen LogP contribution in [0.5, 0.6) is 0 Å². The van der Waals surface area contributed by atoms with Gasteiger partial charge < -0.3 is 9.84 Å². The van der Waals surface area contributed by atoms with Gasteiger partial charge in [0, 0.05) is 12.0 Å². The van der Waals surface area contributed by atoms with Crippen LogP contribution in [-0.2, 0) is 9.84 Å². The molecule has 114 valence electrons. The summed E-state index contributed by atoms with van der Waals surface area (Å²) in [6.45, 7) is 6.30. The van der Waals surface area contributed by atoms with Crippen molar-refractivity contribution >= 4 is 9.84 Å². The van der Waals surface area contributed by atoms with E-state index in [0.29, 0.717) is 24.1 Å². The topological polar surface area (TPSA) is 85.1 Å². The first-order valence-corrected chi connectivity index (χ1v) is 8.87. The third-order valence-corrected chi connectivity index (χ3v) is 5.82. The van der Waals surface area contributed by atoms with Crippen LogP contribution in [-0.4, -0.2) is 43.2 Å². The number of hydrogen-bond donors (Lipinski definition) is 1. The Kier molecular flexibility index (Phi) is 4.49. The monoisotopic (exact) mass is 301 g/mol. The predicted octanol–water partition coefficient (Wildman–Crippen LogP) is 1.32. The molecule has 0 aromatic carbocycles. The van der Waals surface area contributed by atoms with Crippen LogP contribution >= 0.6 is 0 Å². The van der Waals surface area contributed by atoms with Crippen LogP contribution in [0.15, 0.2) is 4.52 Å². The number of hydrogen-bond acceptors (Lipinski definition) is 6. The first-order chi connectivity index (χ1) is 9.34. The minimum atomic E-state index is -2.93. The molecule has 3 atom stereocenters.